The summed E-state index contributed by atoms with van der Waals surface area (Å²) in [6, 6.07) is 12.6. The summed E-state index contributed by atoms with van der Waals surface area (Å²) in [4.78, 5) is 13.6. The summed E-state index contributed by atoms with van der Waals surface area (Å²) in [7, 11) is 0. The van der Waals surface area contributed by atoms with Crippen molar-refractivity contribution in [3.63, 3.8) is 0 Å². The van der Waals surface area contributed by atoms with Crippen LogP contribution in [-0.4, -0.2) is 49.2 Å². The second-order valence-corrected chi connectivity index (χ2v) is 14.3. The van der Waals surface area contributed by atoms with E-state index in [9.17, 15) is 9.90 Å². The highest BCUT2D eigenvalue weighted by molar-refractivity contribution is 5.87. The van der Waals surface area contributed by atoms with E-state index in [1.807, 2.05) is 12.1 Å². The maximum Gasteiger partial charge on any atom is 0.335 e. The summed E-state index contributed by atoms with van der Waals surface area (Å²) in [5, 5.41) is 13.0. The Bertz CT molecular complexity index is 1230. The predicted molar refractivity (Wildman–Crippen MR) is 177 cm³/mol. The SMILES string of the molecule is CC1CCC(C(C)C)C(OCC2Nc3cc(Oc4ccc(C(=O)O)cc4)ccc3N2CCOC2CCCC(C)C2C(C)C)C1. The van der Waals surface area contributed by atoms with E-state index in [0.29, 0.717) is 66.3 Å². The van der Waals surface area contributed by atoms with Gasteiger partial charge in [-0.3, -0.25) is 0 Å². The third-order valence-corrected chi connectivity index (χ3v) is 10.4. The molecule has 7 nitrogen and oxygen atoms in total. The lowest BCUT2D eigenvalue weighted by atomic mass is 9.72. The molecule has 0 bridgehead atoms. The van der Waals surface area contributed by atoms with Crippen LogP contribution in [0.3, 0.4) is 0 Å². The molecule has 7 unspecified atom stereocenters. The van der Waals surface area contributed by atoms with Crippen LogP contribution in [0.15, 0.2) is 42.5 Å². The van der Waals surface area contributed by atoms with E-state index >= 15 is 0 Å². The topological polar surface area (TPSA) is 80.3 Å². The Kier molecular flexibility index (Phi) is 10.8. The Morgan fingerprint density at radius 3 is 2.39 bits per heavy atom. The van der Waals surface area contributed by atoms with Crippen molar-refractivity contribution in [1.82, 2.24) is 0 Å². The summed E-state index contributed by atoms with van der Waals surface area (Å²) >= 11 is 0. The quantitative estimate of drug-likeness (QED) is 0.250. The minimum atomic E-state index is -0.948. The highest BCUT2D eigenvalue weighted by Gasteiger charge is 2.36. The van der Waals surface area contributed by atoms with E-state index in [0.717, 1.165) is 30.8 Å². The summed E-state index contributed by atoms with van der Waals surface area (Å²) in [6.45, 7) is 16.2. The number of fused-ring (bicyclic) bond motifs is 1. The van der Waals surface area contributed by atoms with Crippen LogP contribution in [0.25, 0.3) is 0 Å². The van der Waals surface area contributed by atoms with Gasteiger partial charge in [0.15, 0.2) is 0 Å². The van der Waals surface area contributed by atoms with Gasteiger partial charge >= 0.3 is 5.97 Å². The fourth-order valence-corrected chi connectivity index (χ4v) is 8.08. The van der Waals surface area contributed by atoms with Crippen LogP contribution >= 0.6 is 0 Å². The number of hydrogen-bond donors (Lipinski definition) is 2. The zero-order chi connectivity index (χ0) is 31.4. The summed E-state index contributed by atoms with van der Waals surface area (Å²) in [6.07, 6.45) is 7.97. The van der Waals surface area contributed by atoms with Crippen molar-refractivity contribution in [1.29, 1.82) is 0 Å². The second-order valence-electron chi connectivity index (χ2n) is 14.3. The average Bonchev–Trinajstić information content (AvgIpc) is 3.32. The number of benzene rings is 2. The molecular weight excluding hydrogens is 552 g/mol. The van der Waals surface area contributed by atoms with E-state index in [4.69, 9.17) is 14.2 Å². The molecule has 5 rings (SSSR count). The number of nitrogens with one attached hydrogen (secondary N) is 1. The fourth-order valence-electron chi connectivity index (χ4n) is 8.08. The average molecular weight is 607 g/mol. The molecule has 0 aromatic heterocycles. The molecule has 0 radical (unpaired) electrons. The van der Waals surface area contributed by atoms with Gasteiger partial charge in [-0.15, -0.1) is 0 Å². The Balaban J connectivity index is 1.30. The molecule has 0 spiro atoms. The molecule has 0 amide bonds. The molecule has 7 atom stereocenters. The number of carboxylic acid groups (broad SMARTS) is 1. The van der Waals surface area contributed by atoms with Crippen molar-refractivity contribution in [2.24, 2.45) is 35.5 Å². The predicted octanol–water partition coefficient (Wildman–Crippen LogP) is 8.69. The Morgan fingerprint density at radius 2 is 1.68 bits per heavy atom. The smallest absolute Gasteiger partial charge is 0.335 e. The minimum absolute atomic E-state index is 0.00919. The van der Waals surface area contributed by atoms with Gasteiger partial charge in [0, 0.05) is 12.6 Å². The summed E-state index contributed by atoms with van der Waals surface area (Å²) in [5.41, 5.74) is 2.38. The van der Waals surface area contributed by atoms with Gasteiger partial charge in [0.05, 0.1) is 42.4 Å². The first-order valence-electron chi connectivity index (χ1n) is 17.0. The summed E-state index contributed by atoms with van der Waals surface area (Å²) < 4.78 is 19.5. The molecule has 2 N–H and O–H groups in total. The van der Waals surface area contributed by atoms with Crippen molar-refractivity contribution in [2.45, 2.75) is 98.4 Å². The van der Waals surface area contributed by atoms with Gasteiger partial charge in [-0.1, -0.05) is 60.8 Å². The number of aromatic carboxylic acids is 1. The molecule has 2 aliphatic carbocycles. The molecule has 3 aliphatic rings. The van der Waals surface area contributed by atoms with Gasteiger partial charge in [0.25, 0.3) is 0 Å². The lowest BCUT2D eigenvalue weighted by Gasteiger charge is -2.40. The van der Waals surface area contributed by atoms with Crippen LogP contribution in [0.1, 0.15) is 90.4 Å². The lowest BCUT2D eigenvalue weighted by Crippen LogP contribution is -2.45. The van der Waals surface area contributed by atoms with E-state index in [-0.39, 0.29) is 17.8 Å². The monoisotopic (exact) mass is 606 g/mol. The van der Waals surface area contributed by atoms with Gasteiger partial charge in [-0.25, -0.2) is 4.79 Å². The van der Waals surface area contributed by atoms with Gasteiger partial charge in [-0.05, 0) is 91.2 Å². The first-order valence-corrected chi connectivity index (χ1v) is 17.0. The zero-order valence-corrected chi connectivity index (χ0v) is 27.6. The third kappa shape index (κ3) is 7.71. The standard InChI is InChI=1S/C37H54N2O5/c1-23(2)30-16-10-25(5)20-34(30)43-22-35-38-31-21-29(44-28-13-11-27(12-14-28)37(40)41)15-17-32(31)39(35)18-19-42-33-9-7-8-26(6)36(33)24(3)4/h11-15,17,21,23-26,30,33-36,38H,7-10,16,18-20,22H2,1-6H3,(H,40,41). The second kappa shape index (κ2) is 14.6. The van der Waals surface area contributed by atoms with E-state index < -0.39 is 5.97 Å². The molecular formula is C37H54N2O5. The van der Waals surface area contributed by atoms with Crippen LogP contribution in [0, 0.1) is 35.5 Å². The van der Waals surface area contributed by atoms with Crippen molar-refractivity contribution in [3.8, 4) is 11.5 Å². The van der Waals surface area contributed by atoms with Gasteiger partial charge in [0.1, 0.15) is 17.7 Å². The largest absolute Gasteiger partial charge is 0.478 e. The maximum atomic E-state index is 11.2. The van der Waals surface area contributed by atoms with Gasteiger partial charge in [-0.2, -0.15) is 0 Å². The number of nitrogens with zero attached hydrogens (tertiary/aromatic N) is 1. The Labute approximate surface area is 264 Å². The number of carbonyl (C=O) groups is 1. The normalized spacial score (nSPS) is 28.6. The fraction of sp³-hybridized carbons (Fsp3) is 0.649. The van der Waals surface area contributed by atoms with Crippen molar-refractivity contribution in [2.75, 3.05) is 30.0 Å². The van der Waals surface area contributed by atoms with E-state index in [2.05, 4.69) is 57.8 Å². The van der Waals surface area contributed by atoms with Crippen molar-refractivity contribution < 1.29 is 24.1 Å². The van der Waals surface area contributed by atoms with Gasteiger partial charge < -0.3 is 29.5 Å². The lowest BCUT2D eigenvalue weighted by molar-refractivity contribution is -0.0480. The van der Waals surface area contributed by atoms with Crippen LogP contribution in [0.5, 0.6) is 11.5 Å². The number of rotatable bonds is 12. The van der Waals surface area contributed by atoms with Crippen molar-refractivity contribution >= 4 is 17.3 Å². The first-order chi connectivity index (χ1) is 21.1. The van der Waals surface area contributed by atoms with Crippen LogP contribution in [0.2, 0.25) is 0 Å². The molecule has 2 aromatic carbocycles. The van der Waals surface area contributed by atoms with Gasteiger partial charge in [0.2, 0.25) is 0 Å². The molecule has 1 aliphatic heterocycles. The highest BCUT2D eigenvalue weighted by Crippen LogP contribution is 2.41. The number of hydrogen-bond acceptors (Lipinski definition) is 6. The first kappa shape index (κ1) is 32.6. The van der Waals surface area contributed by atoms with E-state index in [1.54, 1.807) is 24.3 Å². The molecule has 0 saturated heterocycles. The van der Waals surface area contributed by atoms with Crippen molar-refractivity contribution in [3.05, 3.63) is 48.0 Å². The Morgan fingerprint density at radius 1 is 0.932 bits per heavy atom. The molecule has 7 heteroatoms. The molecule has 242 valence electrons. The minimum Gasteiger partial charge on any atom is -0.478 e. The maximum absolute atomic E-state index is 11.2. The number of ether oxygens (including phenoxy) is 3. The summed E-state index contributed by atoms with van der Waals surface area (Å²) in [5.74, 6) is 4.20. The molecule has 2 saturated carbocycles. The van der Waals surface area contributed by atoms with Crippen LogP contribution in [0.4, 0.5) is 11.4 Å². The third-order valence-electron chi connectivity index (χ3n) is 10.4. The Hall–Kier alpha value is -2.77. The highest BCUT2D eigenvalue weighted by atomic mass is 16.5. The van der Waals surface area contributed by atoms with E-state index in [1.165, 1.54) is 25.7 Å². The van der Waals surface area contributed by atoms with Crippen LogP contribution < -0.4 is 15.0 Å². The zero-order valence-electron chi connectivity index (χ0n) is 27.6. The molecule has 44 heavy (non-hydrogen) atoms. The number of anilines is 2. The molecule has 2 aromatic rings. The number of carboxylic acids is 1. The molecule has 2 fully saturated rings. The van der Waals surface area contributed by atoms with Crippen LogP contribution in [-0.2, 0) is 9.47 Å². The molecule has 1 heterocycles.